The van der Waals surface area contributed by atoms with Crippen LogP contribution < -0.4 is 0 Å². The molecule has 0 bridgehead atoms. The lowest BCUT2D eigenvalue weighted by atomic mass is 9.97. The molecule has 1 N–H and O–H groups in total. The van der Waals surface area contributed by atoms with Crippen LogP contribution >= 0.6 is 0 Å². The molecule has 13 heavy (non-hydrogen) atoms. The Labute approximate surface area is 79.1 Å². The van der Waals surface area contributed by atoms with E-state index >= 15 is 0 Å². The Hall–Kier alpha value is -0.570. The molecule has 1 aliphatic rings. The Bertz CT molecular complexity index is 220. The lowest BCUT2D eigenvalue weighted by molar-refractivity contribution is -0.148. The molecule has 0 spiro atoms. The molecule has 1 rings (SSSR count). The van der Waals surface area contributed by atoms with E-state index in [0.29, 0.717) is 6.61 Å². The molecule has 1 fully saturated rings. The van der Waals surface area contributed by atoms with Gasteiger partial charge in [-0.2, -0.15) is 0 Å². The van der Waals surface area contributed by atoms with Crippen molar-refractivity contribution in [3.8, 4) is 0 Å². The Balaban J connectivity index is 2.58. The molecular formula is C10H18O3. The van der Waals surface area contributed by atoms with E-state index in [-0.39, 0.29) is 11.5 Å². The van der Waals surface area contributed by atoms with Crippen LogP contribution in [-0.4, -0.2) is 23.8 Å². The van der Waals surface area contributed by atoms with Gasteiger partial charge in [-0.15, -0.1) is 0 Å². The molecule has 0 aliphatic heterocycles. The molecule has 1 atom stereocenters. The SMILES string of the molecule is CC(C)OCC1(C(=O)O)CC1(C)C. The second-order valence-corrected chi connectivity index (χ2v) is 4.81. The summed E-state index contributed by atoms with van der Waals surface area (Å²) in [7, 11) is 0. The first-order valence-corrected chi connectivity index (χ1v) is 4.67. The Morgan fingerprint density at radius 1 is 1.54 bits per heavy atom. The van der Waals surface area contributed by atoms with Crippen LogP contribution in [0.3, 0.4) is 0 Å². The molecule has 1 aliphatic carbocycles. The number of carbonyl (C=O) groups is 1. The quantitative estimate of drug-likeness (QED) is 0.729. The minimum Gasteiger partial charge on any atom is -0.481 e. The predicted octanol–water partition coefficient (Wildman–Crippen LogP) is 1.91. The maximum absolute atomic E-state index is 11.0. The van der Waals surface area contributed by atoms with Crippen LogP contribution in [0.4, 0.5) is 0 Å². The lowest BCUT2D eigenvalue weighted by Gasteiger charge is -2.17. The van der Waals surface area contributed by atoms with Crippen LogP contribution in [0.15, 0.2) is 0 Å². The highest BCUT2D eigenvalue weighted by molar-refractivity contribution is 5.80. The van der Waals surface area contributed by atoms with Gasteiger partial charge in [-0.25, -0.2) is 0 Å². The first-order chi connectivity index (χ1) is 5.82. The van der Waals surface area contributed by atoms with E-state index in [1.54, 1.807) is 0 Å². The van der Waals surface area contributed by atoms with Gasteiger partial charge in [-0.3, -0.25) is 4.79 Å². The molecule has 0 heterocycles. The van der Waals surface area contributed by atoms with Crippen LogP contribution in [0.25, 0.3) is 0 Å². The van der Waals surface area contributed by atoms with Gasteiger partial charge in [0.15, 0.2) is 0 Å². The topological polar surface area (TPSA) is 46.5 Å². The van der Waals surface area contributed by atoms with Crippen molar-refractivity contribution in [1.29, 1.82) is 0 Å². The van der Waals surface area contributed by atoms with E-state index in [9.17, 15) is 4.79 Å². The largest absolute Gasteiger partial charge is 0.481 e. The van der Waals surface area contributed by atoms with E-state index in [4.69, 9.17) is 9.84 Å². The third-order valence-corrected chi connectivity index (χ3v) is 2.99. The fraction of sp³-hybridized carbons (Fsp3) is 0.900. The van der Waals surface area contributed by atoms with Crippen LogP contribution in [0.5, 0.6) is 0 Å². The predicted molar refractivity (Wildman–Crippen MR) is 49.6 cm³/mol. The fourth-order valence-electron chi connectivity index (χ4n) is 1.69. The number of hydrogen-bond donors (Lipinski definition) is 1. The summed E-state index contributed by atoms with van der Waals surface area (Å²) in [6, 6.07) is 0. The molecule has 0 radical (unpaired) electrons. The van der Waals surface area contributed by atoms with Crippen molar-refractivity contribution in [2.45, 2.75) is 40.2 Å². The van der Waals surface area contributed by atoms with Gasteiger partial charge in [0, 0.05) is 0 Å². The zero-order valence-corrected chi connectivity index (χ0v) is 8.76. The van der Waals surface area contributed by atoms with Crippen molar-refractivity contribution in [2.75, 3.05) is 6.61 Å². The van der Waals surface area contributed by atoms with E-state index in [1.807, 2.05) is 27.7 Å². The molecule has 0 aromatic heterocycles. The van der Waals surface area contributed by atoms with E-state index < -0.39 is 11.4 Å². The lowest BCUT2D eigenvalue weighted by Crippen LogP contribution is -2.27. The molecule has 3 nitrogen and oxygen atoms in total. The molecule has 0 aromatic carbocycles. The Morgan fingerprint density at radius 2 is 2.00 bits per heavy atom. The molecule has 0 aromatic rings. The molecule has 0 amide bonds. The molecule has 0 saturated heterocycles. The summed E-state index contributed by atoms with van der Waals surface area (Å²) in [5.74, 6) is -0.724. The van der Waals surface area contributed by atoms with Gasteiger partial charge in [0.1, 0.15) is 0 Å². The minimum atomic E-state index is -0.724. The van der Waals surface area contributed by atoms with Gasteiger partial charge in [0.2, 0.25) is 0 Å². The number of ether oxygens (including phenoxy) is 1. The van der Waals surface area contributed by atoms with Crippen molar-refractivity contribution >= 4 is 5.97 Å². The Morgan fingerprint density at radius 3 is 2.23 bits per heavy atom. The van der Waals surface area contributed by atoms with E-state index in [1.165, 1.54) is 0 Å². The first-order valence-electron chi connectivity index (χ1n) is 4.67. The first kappa shape index (κ1) is 10.5. The van der Waals surface area contributed by atoms with Gasteiger partial charge >= 0.3 is 5.97 Å². The van der Waals surface area contributed by atoms with Crippen LogP contribution in [0.1, 0.15) is 34.1 Å². The smallest absolute Gasteiger partial charge is 0.312 e. The van der Waals surface area contributed by atoms with Crippen molar-refractivity contribution in [2.24, 2.45) is 10.8 Å². The molecule has 76 valence electrons. The number of hydrogen-bond acceptors (Lipinski definition) is 2. The average Bonchev–Trinajstić information content (AvgIpc) is 2.51. The number of carboxylic acid groups (broad SMARTS) is 1. The number of carboxylic acids is 1. The number of rotatable bonds is 4. The second-order valence-electron chi connectivity index (χ2n) is 4.81. The monoisotopic (exact) mass is 186 g/mol. The van der Waals surface area contributed by atoms with Crippen molar-refractivity contribution < 1.29 is 14.6 Å². The Kier molecular flexibility index (Phi) is 2.41. The zero-order valence-electron chi connectivity index (χ0n) is 8.76. The van der Waals surface area contributed by atoms with Gasteiger partial charge in [0.25, 0.3) is 0 Å². The minimum absolute atomic E-state index is 0.103. The van der Waals surface area contributed by atoms with Gasteiger partial charge < -0.3 is 9.84 Å². The van der Waals surface area contributed by atoms with Crippen molar-refractivity contribution in [3.63, 3.8) is 0 Å². The third-order valence-electron chi connectivity index (χ3n) is 2.99. The van der Waals surface area contributed by atoms with Gasteiger partial charge in [0.05, 0.1) is 18.1 Å². The second kappa shape index (κ2) is 2.98. The van der Waals surface area contributed by atoms with Crippen LogP contribution in [-0.2, 0) is 9.53 Å². The maximum atomic E-state index is 11.0. The summed E-state index contributed by atoms with van der Waals surface area (Å²) >= 11 is 0. The molecule has 1 saturated carbocycles. The standard InChI is InChI=1S/C10H18O3/c1-7(2)13-6-10(8(11)12)5-9(10,3)4/h7H,5-6H2,1-4H3,(H,11,12). The third kappa shape index (κ3) is 1.70. The van der Waals surface area contributed by atoms with Gasteiger partial charge in [-0.1, -0.05) is 13.8 Å². The van der Waals surface area contributed by atoms with Crippen molar-refractivity contribution in [3.05, 3.63) is 0 Å². The summed E-state index contributed by atoms with van der Waals surface area (Å²) in [5, 5.41) is 9.07. The van der Waals surface area contributed by atoms with Crippen LogP contribution in [0, 0.1) is 10.8 Å². The highest BCUT2D eigenvalue weighted by Crippen LogP contribution is 2.63. The fourth-order valence-corrected chi connectivity index (χ4v) is 1.69. The zero-order chi connectivity index (χ0) is 10.3. The van der Waals surface area contributed by atoms with E-state index in [0.717, 1.165) is 6.42 Å². The van der Waals surface area contributed by atoms with Crippen LogP contribution in [0.2, 0.25) is 0 Å². The van der Waals surface area contributed by atoms with Crippen molar-refractivity contribution in [1.82, 2.24) is 0 Å². The summed E-state index contributed by atoms with van der Waals surface area (Å²) in [4.78, 5) is 11.0. The molecular weight excluding hydrogens is 168 g/mol. The maximum Gasteiger partial charge on any atom is 0.312 e. The highest BCUT2D eigenvalue weighted by atomic mass is 16.5. The average molecular weight is 186 g/mol. The summed E-state index contributed by atoms with van der Waals surface area (Å²) < 4.78 is 5.39. The summed E-state index contributed by atoms with van der Waals surface area (Å²) in [5.41, 5.74) is -0.731. The number of aliphatic carboxylic acids is 1. The molecule has 3 heteroatoms. The van der Waals surface area contributed by atoms with Gasteiger partial charge in [-0.05, 0) is 25.7 Å². The summed E-state index contributed by atoms with van der Waals surface area (Å²) in [6.45, 7) is 8.14. The summed E-state index contributed by atoms with van der Waals surface area (Å²) in [6.07, 6.45) is 0.829. The normalized spacial score (nSPS) is 30.5. The van der Waals surface area contributed by atoms with E-state index in [2.05, 4.69) is 0 Å². The highest BCUT2D eigenvalue weighted by Gasteiger charge is 2.67. The molecule has 1 unspecified atom stereocenters.